The second-order valence-corrected chi connectivity index (χ2v) is 5.08. The number of fused-ring (bicyclic) bond motifs is 1. The fraction of sp³-hybridized carbons (Fsp3) is 0.286. The number of imidazole rings is 1. The molecule has 4 heterocycles. The number of aromatic nitrogens is 5. The summed E-state index contributed by atoms with van der Waals surface area (Å²) in [6.45, 7) is 3.06. The highest BCUT2D eigenvalue weighted by atomic mass is 19.1. The van der Waals surface area contributed by atoms with Crippen LogP contribution in [0.15, 0.2) is 30.7 Å². The molecule has 7 nitrogen and oxygen atoms in total. The van der Waals surface area contributed by atoms with Gasteiger partial charge in [-0.3, -0.25) is 0 Å². The van der Waals surface area contributed by atoms with Crippen molar-refractivity contribution >= 4 is 22.8 Å². The zero-order valence-corrected chi connectivity index (χ0v) is 11.8. The third-order valence-electron chi connectivity index (χ3n) is 3.79. The summed E-state index contributed by atoms with van der Waals surface area (Å²) < 4.78 is 13.6. The first-order chi connectivity index (χ1) is 10.8. The van der Waals surface area contributed by atoms with Crippen molar-refractivity contribution in [2.24, 2.45) is 0 Å². The molecule has 112 valence electrons. The normalized spacial score (nSPS) is 15.5. The molecule has 0 atom stereocenters. The van der Waals surface area contributed by atoms with Crippen LogP contribution >= 0.6 is 0 Å². The number of piperazine rings is 1. The molecule has 0 aliphatic carbocycles. The molecule has 0 radical (unpaired) electrons. The molecule has 0 aromatic carbocycles. The van der Waals surface area contributed by atoms with Gasteiger partial charge in [0.25, 0.3) is 0 Å². The molecule has 0 unspecified atom stereocenters. The van der Waals surface area contributed by atoms with E-state index in [1.54, 1.807) is 6.20 Å². The summed E-state index contributed by atoms with van der Waals surface area (Å²) >= 11 is 0. The van der Waals surface area contributed by atoms with E-state index in [4.69, 9.17) is 0 Å². The Kier molecular flexibility index (Phi) is 3.06. The molecule has 1 fully saturated rings. The van der Waals surface area contributed by atoms with Crippen LogP contribution in [0.2, 0.25) is 0 Å². The third-order valence-corrected chi connectivity index (χ3v) is 3.79. The molecule has 1 saturated heterocycles. The van der Waals surface area contributed by atoms with E-state index in [1.165, 1.54) is 6.33 Å². The summed E-state index contributed by atoms with van der Waals surface area (Å²) in [5.74, 6) is 1.50. The van der Waals surface area contributed by atoms with Crippen molar-refractivity contribution in [1.29, 1.82) is 0 Å². The maximum absolute atomic E-state index is 13.6. The standard InChI is InChI=1S/C14H14FN7/c15-14-19-12-11(17-9-18-12)13(20-14)22-7-5-21(6-8-22)10-3-1-2-4-16-10/h1-4,9H,5-8H2,(H,17,18,19,20). The van der Waals surface area contributed by atoms with E-state index in [2.05, 4.69) is 29.8 Å². The molecule has 4 rings (SSSR count). The monoisotopic (exact) mass is 299 g/mol. The average Bonchev–Trinajstić information content (AvgIpc) is 3.03. The number of nitrogens with one attached hydrogen (secondary N) is 1. The van der Waals surface area contributed by atoms with E-state index in [1.807, 2.05) is 23.1 Å². The molecular weight excluding hydrogens is 285 g/mol. The summed E-state index contributed by atoms with van der Waals surface area (Å²) in [6.07, 6.45) is 2.56. The number of hydrogen-bond acceptors (Lipinski definition) is 6. The SMILES string of the molecule is Fc1nc(N2CCN(c3ccccn3)CC2)c2nc[nH]c2n1. The van der Waals surface area contributed by atoms with Gasteiger partial charge in [0.2, 0.25) is 0 Å². The van der Waals surface area contributed by atoms with Crippen LogP contribution in [0.5, 0.6) is 0 Å². The zero-order chi connectivity index (χ0) is 14.9. The highest BCUT2D eigenvalue weighted by Gasteiger charge is 2.22. The number of H-pyrrole nitrogens is 1. The van der Waals surface area contributed by atoms with Crippen molar-refractivity contribution < 1.29 is 4.39 Å². The number of rotatable bonds is 2. The Morgan fingerprint density at radius 3 is 2.59 bits per heavy atom. The first-order valence-corrected chi connectivity index (χ1v) is 7.09. The van der Waals surface area contributed by atoms with Crippen LogP contribution < -0.4 is 9.80 Å². The minimum absolute atomic E-state index is 0.426. The van der Waals surface area contributed by atoms with E-state index >= 15 is 0 Å². The smallest absolute Gasteiger partial charge is 0.312 e. The van der Waals surface area contributed by atoms with Gasteiger partial charge in [0.05, 0.1) is 6.33 Å². The van der Waals surface area contributed by atoms with Crippen LogP contribution in [0.4, 0.5) is 16.0 Å². The van der Waals surface area contributed by atoms with Gasteiger partial charge in [-0.1, -0.05) is 6.07 Å². The molecule has 1 N–H and O–H groups in total. The molecule has 0 spiro atoms. The molecule has 1 aliphatic rings. The van der Waals surface area contributed by atoms with Gasteiger partial charge in [-0.2, -0.15) is 14.4 Å². The number of hydrogen-bond donors (Lipinski definition) is 1. The van der Waals surface area contributed by atoms with E-state index in [-0.39, 0.29) is 0 Å². The highest BCUT2D eigenvalue weighted by Crippen LogP contribution is 2.23. The minimum atomic E-state index is -0.737. The number of pyridine rings is 1. The Morgan fingerprint density at radius 1 is 1.00 bits per heavy atom. The van der Waals surface area contributed by atoms with Gasteiger partial charge in [0, 0.05) is 32.4 Å². The van der Waals surface area contributed by atoms with Crippen molar-refractivity contribution in [2.75, 3.05) is 36.0 Å². The maximum atomic E-state index is 13.6. The minimum Gasteiger partial charge on any atom is -0.353 e. The summed E-state index contributed by atoms with van der Waals surface area (Å²) in [7, 11) is 0. The number of nitrogens with zero attached hydrogens (tertiary/aromatic N) is 6. The molecule has 1 aliphatic heterocycles. The van der Waals surface area contributed by atoms with Crippen LogP contribution in [0.1, 0.15) is 0 Å². The van der Waals surface area contributed by atoms with Crippen LogP contribution in [-0.4, -0.2) is 51.1 Å². The topological polar surface area (TPSA) is 73.8 Å². The van der Waals surface area contributed by atoms with Crippen molar-refractivity contribution in [3.63, 3.8) is 0 Å². The largest absolute Gasteiger partial charge is 0.353 e. The Bertz CT molecular complexity index is 780. The lowest BCUT2D eigenvalue weighted by molar-refractivity contribution is 0.538. The van der Waals surface area contributed by atoms with E-state index in [0.29, 0.717) is 17.0 Å². The molecule has 0 amide bonds. The fourth-order valence-electron chi connectivity index (χ4n) is 2.70. The Labute approximate surface area is 125 Å². The molecule has 0 saturated carbocycles. The van der Waals surface area contributed by atoms with Crippen molar-refractivity contribution in [2.45, 2.75) is 0 Å². The molecule has 3 aromatic heterocycles. The van der Waals surface area contributed by atoms with Gasteiger partial charge in [0.15, 0.2) is 17.0 Å². The molecule has 22 heavy (non-hydrogen) atoms. The van der Waals surface area contributed by atoms with Gasteiger partial charge < -0.3 is 14.8 Å². The predicted octanol–water partition coefficient (Wildman–Crippen LogP) is 1.21. The van der Waals surface area contributed by atoms with Crippen LogP contribution in [0.3, 0.4) is 0 Å². The summed E-state index contributed by atoms with van der Waals surface area (Å²) in [5, 5.41) is 0. The molecule has 8 heteroatoms. The van der Waals surface area contributed by atoms with E-state index in [9.17, 15) is 4.39 Å². The quantitative estimate of drug-likeness (QED) is 0.717. The van der Waals surface area contributed by atoms with Gasteiger partial charge in [-0.25, -0.2) is 9.97 Å². The first kappa shape index (κ1) is 12.9. The zero-order valence-electron chi connectivity index (χ0n) is 11.8. The van der Waals surface area contributed by atoms with Crippen molar-refractivity contribution in [1.82, 2.24) is 24.9 Å². The van der Waals surface area contributed by atoms with Gasteiger partial charge in [0.1, 0.15) is 5.82 Å². The first-order valence-electron chi connectivity index (χ1n) is 7.09. The van der Waals surface area contributed by atoms with Gasteiger partial charge in [-0.15, -0.1) is 0 Å². The van der Waals surface area contributed by atoms with Crippen LogP contribution in [0, 0.1) is 6.08 Å². The lowest BCUT2D eigenvalue weighted by atomic mass is 10.3. The molecular formula is C14H14FN7. The Morgan fingerprint density at radius 2 is 1.82 bits per heavy atom. The van der Waals surface area contributed by atoms with Gasteiger partial charge in [-0.05, 0) is 12.1 Å². The average molecular weight is 299 g/mol. The number of aromatic amines is 1. The fourth-order valence-corrected chi connectivity index (χ4v) is 2.70. The summed E-state index contributed by atoms with van der Waals surface area (Å²) in [5.41, 5.74) is 1.03. The maximum Gasteiger partial charge on any atom is 0.312 e. The van der Waals surface area contributed by atoms with E-state index in [0.717, 1.165) is 32.0 Å². The third kappa shape index (κ3) is 2.22. The Hall–Kier alpha value is -2.77. The number of anilines is 2. The van der Waals surface area contributed by atoms with E-state index < -0.39 is 6.08 Å². The van der Waals surface area contributed by atoms with Crippen LogP contribution in [-0.2, 0) is 0 Å². The molecule has 0 bridgehead atoms. The predicted molar refractivity (Wildman–Crippen MR) is 80.3 cm³/mol. The van der Waals surface area contributed by atoms with Crippen molar-refractivity contribution in [3.05, 3.63) is 36.8 Å². The van der Waals surface area contributed by atoms with Crippen molar-refractivity contribution in [3.8, 4) is 0 Å². The summed E-state index contributed by atoms with van der Waals surface area (Å²) in [6, 6.07) is 5.87. The van der Waals surface area contributed by atoms with Crippen LogP contribution in [0.25, 0.3) is 11.2 Å². The van der Waals surface area contributed by atoms with Gasteiger partial charge >= 0.3 is 6.08 Å². The lowest BCUT2D eigenvalue weighted by Crippen LogP contribution is -2.47. The number of halogens is 1. The second-order valence-electron chi connectivity index (χ2n) is 5.08. The Balaban J connectivity index is 1.57. The molecule has 3 aromatic rings. The highest BCUT2D eigenvalue weighted by molar-refractivity contribution is 5.82. The second kappa shape index (κ2) is 5.21. The summed E-state index contributed by atoms with van der Waals surface area (Å²) in [4.78, 5) is 23.3. The lowest BCUT2D eigenvalue weighted by Gasteiger charge is -2.35.